The van der Waals surface area contributed by atoms with Crippen LogP contribution in [0, 0.1) is 11.7 Å². The maximum absolute atomic E-state index is 13.2. The first-order chi connectivity index (χ1) is 7.47. The van der Waals surface area contributed by atoms with Gasteiger partial charge < -0.3 is 0 Å². The summed E-state index contributed by atoms with van der Waals surface area (Å²) in [7, 11) is -3.89. The average Bonchev–Trinajstić information content (AvgIpc) is 2.26. The normalized spacial score (nSPS) is 13.7. The number of nitrogens with one attached hydrogen (secondary N) is 1. The number of alkyl halides is 1. The zero-order chi connectivity index (χ0) is 12.2. The third-order valence-electron chi connectivity index (χ3n) is 1.86. The molecule has 1 aromatic heterocycles. The van der Waals surface area contributed by atoms with Gasteiger partial charge in [-0.25, -0.2) is 22.5 Å². The minimum Gasteiger partial charge on any atom is -0.241 e. The van der Waals surface area contributed by atoms with Crippen molar-refractivity contribution >= 4 is 21.6 Å². The monoisotopic (exact) mass is 266 g/mol. The number of sulfonamides is 1. The third kappa shape index (κ3) is 3.40. The van der Waals surface area contributed by atoms with Gasteiger partial charge in [0.05, 0.1) is 0 Å². The minimum absolute atomic E-state index is 0.0248. The maximum Gasteiger partial charge on any atom is 0.261 e. The molecule has 1 atom stereocenters. The van der Waals surface area contributed by atoms with Gasteiger partial charge in [0.2, 0.25) is 5.03 Å². The molecule has 0 aliphatic heterocycles. The smallest absolute Gasteiger partial charge is 0.241 e. The van der Waals surface area contributed by atoms with Crippen molar-refractivity contribution in [3.05, 3.63) is 24.1 Å². The lowest BCUT2D eigenvalue weighted by atomic mass is 10.2. The van der Waals surface area contributed by atoms with Gasteiger partial charge in [-0.3, -0.25) is 0 Å². The standard InChI is InChI=1S/C9H12ClFN2O2S/c1-7(5-10)6-13-16(14,15)9-8(11)3-2-4-12-9/h2-4,7,13H,5-6H2,1H3. The molecule has 0 saturated carbocycles. The van der Waals surface area contributed by atoms with Crippen molar-refractivity contribution in [2.45, 2.75) is 11.9 Å². The number of rotatable bonds is 5. The van der Waals surface area contributed by atoms with Gasteiger partial charge in [-0.05, 0) is 18.1 Å². The van der Waals surface area contributed by atoms with E-state index in [1.54, 1.807) is 6.92 Å². The van der Waals surface area contributed by atoms with Crippen molar-refractivity contribution in [1.29, 1.82) is 0 Å². The molecule has 0 aromatic carbocycles. The number of hydrogen-bond acceptors (Lipinski definition) is 3. The topological polar surface area (TPSA) is 59.1 Å². The first-order valence-corrected chi connectivity index (χ1v) is 6.65. The van der Waals surface area contributed by atoms with E-state index in [1.807, 2.05) is 0 Å². The molecule has 0 amide bonds. The van der Waals surface area contributed by atoms with E-state index in [0.717, 1.165) is 6.07 Å². The molecule has 1 unspecified atom stereocenters. The maximum atomic E-state index is 13.2. The van der Waals surface area contributed by atoms with E-state index in [9.17, 15) is 12.8 Å². The summed E-state index contributed by atoms with van der Waals surface area (Å²) in [4.78, 5) is 3.50. The van der Waals surface area contributed by atoms with Crippen LogP contribution in [0.1, 0.15) is 6.92 Å². The van der Waals surface area contributed by atoms with Crippen LogP contribution < -0.4 is 4.72 Å². The van der Waals surface area contributed by atoms with Gasteiger partial charge in [-0.1, -0.05) is 6.92 Å². The Kier molecular flexibility index (Phi) is 4.64. The fourth-order valence-corrected chi connectivity index (χ4v) is 2.22. The van der Waals surface area contributed by atoms with Gasteiger partial charge >= 0.3 is 0 Å². The second-order valence-corrected chi connectivity index (χ2v) is 5.39. The molecule has 16 heavy (non-hydrogen) atoms. The van der Waals surface area contributed by atoms with Crippen LogP contribution in [-0.4, -0.2) is 25.8 Å². The molecule has 90 valence electrons. The number of nitrogens with zero attached hydrogens (tertiary/aromatic N) is 1. The quantitative estimate of drug-likeness (QED) is 0.819. The Morgan fingerprint density at radius 2 is 2.31 bits per heavy atom. The van der Waals surface area contributed by atoms with Crippen LogP contribution in [0.4, 0.5) is 4.39 Å². The van der Waals surface area contributed by atoms with Gasteiger partial charge in [-0.15, -0.1) is 11.6 Å². The van der Waals surface area contributed by atoms with Crippen molar-refractivity contribution in [3.63, 3.8) is 0 Å². The molecule has 7 heteroatoms. The Bertz CT molecular complexity index is 453. The zero-order valence-electron chi connectivity index (χ0n) is 8.65. The molecule has 0 bridgehead atoms. The summed E-state index contributed by atoms with van der Waals surface area (Å²) in [5.74, 6) is -0.565. The molecule has 0 fully saturated rings. The highest BCUT2D eigenvalue weighted by Gasteiger charge is 2.20. The molecule has 1 aromatic rings. The summed E-state index contributed by atoms with van der Waals surface area (Å²) in [5.41, 5.74) is 0. The molecule has 0 radical (unpaired) electrons. The lowest BCUT2D eigenvalue weighted by molar-refractivity contribution is 0.534. The second kappa shape index (κ2) is 5.56. The highest BCUT2D eigenvalue weighted by molar-refractivity contribution is 7.89. The predicted octanol–water partition coefficient (Wildman–Crippen LogP) is 1.37. The first-order valence-electron chi connectivity index (χ1n) is 4.63. The van der Waals surface area contributed by atoms with Crippen molar-refractivity contribution in [2.24, 2.45) is 5.92 Å². The van der Waals surface area contributed by atoms with Crippen LogP contribution in [-0.2, 0) is 10.0 Å². The SMILES string of the molecule is CC(CCl)CNS(=O)(=O)c1ncccc1F. The molecule has 0 saturated heterocycles. The van der Waals surface area contributed by atoms with E-state index in [4.69, 9.17) is 11.6 Å². The Balaban J connectivity index is 2.83. The van der Waals surface area contributed by atoms with E-state index in [1.165, 1.54) is 12.3 Å². The lowest BCUT2D eigenvalue weighted by Gasteiger charge is -2.09. The third-order valence-corrected chi connectivity index (χ3v) is 3.75. The Morgan fingerprint density at radius 1 is 1.62 bits per heavy atom. The molecule has 1 rings (SSSR count). The molecular formula is C9H12ClFN2O2S. The zero-order valence-corrected chi connectivity index (χ0v) is 10.2. The van der Waals surface area contributed by atoms with E-state index >= 15 is 0 Å². The fraction of sp³-hybridized carbons (Fsp3) is 0.444. The predicted molar refractivity (Wildman–Crippen MR) is 59.3 cm³/mol. The van der Waals surface area contributed by atoms with Crippen LogP contribution >= 0.6 is 11.6 Å². The van der Waals surface area contributed by atoms with Crippen molar-refractivity contribution in [2.75, 3.05) is 12.4 Å². The summed E-state index contributed by atoms with van der Waals surface area (Å²) in [5, 5.41) is -0.586. The Morgan fingerprint density at radius 3 is 2.88 bits per heavy atom. The summed E-state index contributed by atoms with van der Waals surface area (Å²) in [6.07, 6.45) is 1.22. The van der Waals surface area contributed by atoms with Crippen LogP contribution in [0.2, 0.25) is 0 Å². The van der Waals surface area contributed by atoms with Gasteiger partial charge in [0.1, 0.15) is 0 Å². The summed E-state index contributed by atoms with van der Waals surface area (Å²) in [6.45, 7) is 1.94. The largest absolute Gasteiger partial charge is 0.261 e. The number of halogens is 2. The Labute approximate surface area is 98.9 Å². The second-order valence-electron chi connectivity index (χ2n) is 3.40. The molecule has 1 N–H and O–H groups in total. The molecular weight excluding hydrogens is 255 g/mol. The molecule has 0 spiro atoms. The fourth-order valence-electron chi connectivity index (χ4n) is 0.944. The van der Waals surface area contributed by atoms with Gasteiger partial charge in [0, 0.05) is 18.6 Å². The van der Waals surface area contributed by atoms with E-state index < -0.39 is 20.9 Å². The molecule has 1 heterocycles. The number of aromatic nitrogens is 1. The van der Waals surface area contributed by atoms with Gasteiger partial charge in [0.15, 0.2) is 5.82 Å². The number of hydrogen-bond donors (Lipinski definition) is 1. The van der Waals surface area contributed by atoms with Crippen LogP contribution in [0.15, 0.2) is 23.4 Å². The summed E-state index contributed by atoms with van der Waals surface area (Å²) >= 11 is 5.53. The van der Waals surface area contributed by atoms with E-state index in [0.29, 0.717) is 5.88 Å². The van der Waals surface area contributed by atoms with Gasteiger partial charge in [-0.2, -0.15) is 0 Å². The molecule has 0 aliphatic carbocycles. The summed E-state index contributed by atoms with van der Waals surface area (Å²) in [6, 6.07) is 2.38. The molecule has 0 aliphatic rings. The lowest BCUT2D eigenvalue weighted by Crippen LogP contribution is -2.30. The van der Waals surface area contributed by atoms with Crippen LogP contribution in [0.25, 0.3) is 0 Å². The minimum atomic E-state index is -3.89. The van der Waals surface area contributed by atoms with E-state index in [-0.39, 0.29) is 12.5 Å². The van der Waals surface area contributed by atoms with Crippen molar-refractivity contribution in [3.8, 4) is 0 Å². The van der Waals surface area contributed by atoms with Crippen molar-refractivity contribution < 1.29 is 12.8 Å². The average molecular weight is 267 g/mol. The number of pyridine rings is 1. The van der Waals surface area contributed by atoms with Crippen molar-refractivity contribution in [1.82, 2.24) is 9.71 Å². The van der Waals surface area contributed by atoms with E-state index in [2.05, 4.69) is 9.71 Å². The first kappa shape index (κ1) is 13.3. The summed E-state index contributed by atoms with van der Waals surface area (Å²) < 4.78 is 38.7. The highest BCUT2D eigenvalue weighted by atomic mass is 35.5. The van der Waals surface area contributed by atoms with Gasteiger partial charge in [0.25, 0.3) is 10.0 Å². The van der Waals surface area contributed by atoms with Crippen LogP contribution in [0.3, 0.4) is 0 Å². The highest BCUT2D eigenvalue weighted by Crippen LogP contribution is 2.10. The Hall–Kier alpha value is -0.720. The molecule has 4 nitrogen and oxygen atoms in total. The van der Waals surface area contributed by atoms with Crippen LogP contribution in [0.5, 0.6) is 0 Å².